The Morgan fingerprint density at radius 2 is 1.67 bits per heavy atom. The molecule has 2 aromatic rings. The van der Waals surface area contributed by atoms with Gasteiger partial charge in [-0.1, -0.05) is 42.5 Å². The van der Waals surface area contributed by atoms with Crippen LogP contribution in [0.5, 0.6) is 0 Å². The zero-order valence-corrected chi connectivity index (χ0v) is 16.8. The number of likely N-dealkylation sites (N-methyl/N-ethyl adjacent to an activating group) is 1. The van der Waals surface area contributed by atoms with Crippen LogP contribution in [0.15, 0.2) is 48.5 Å². The molecule has 2 rings (SSSR count). The maximum atomic E-state index is 12.3. The average Bonchev–Trinajstić information content (AvgIpc) is 2.65. The quantitative estimate of drug-likeness (QED) is 0.691. The minimum absolute atomic E-state index is 0.0155. The molecule has 4 nitrogen and oxygen atoms in total. The summed E-state index contributed by atoms with van der Waals surface area (Å²) in [5.74, 6) is -0.0613. The minimum atomic E-state index is -0.0768. The monoisotopic (exact) mass is 366 g/mol. The molecular formula is C23H30N2O2. The van der Waals surface area contributed by atoms with E-state index < -0.39 is 0 Å². The number of ketones is 1. The first-order chi connectivity index (χ1) is 12.9. The smallest absolute Gasteiger partial charge is 0.220 e. The molecule has 0 aliphatic heterocycles. The number of rotatable bonds is 9. The fraction of sp³-hybridized carbons (Fsp3) is 0.391. The van der Waals surface area contributed by atoms with E-state index in [1.165, 1.54) is 5.56 Å². The third-order valence-electron chi connectivity index (χ3n) is 4.99. The van der Waals surface area contributed by atoms with E-state index in [1.54, 1.807) is 0 Å². The van der Waals surface area contributed by atoms with Crippen molar-refractivity contribution in [1.82, 2.24) is 10.2 Å². The van der Waals surface area contributed by atoms with Crippen molar-refractivity contribution in [2.24, 2.45) is 0 Å². The number of carbonyl (C=O) groups is 2. The summed E-state index contributed by atoms with van der Waals surface area (Å²) in [4.78, 5) is 26.6. The molecule has 0 aromatic heterocycles. The SMILES string of the molecule is Cc1ccc(C(=O)CCC(=O)NCC(Cc2ccccc2)N(C)C)cc1C. The summed E-state index contributed by atoms with van der Waals surface area (Å²) in [6.45, 7) is 4.58. The normalized spacial score (nSPS) is 12.0. The number of nitrogens with zero attached hydrogens (tertiary/aromatic N) is 1. The van der Waals surface area contributed by atoms with Crippen LogP contribution in [0, 0.1) is 13.8 Å². The molecule has 1 N–H and O–H groups in total. The molecule has 0 radical (unpaired) electrons. The zero-order chi connectivity index (χ0) is 19.8. The Kier molecular flexibility index (Phi) is 7.74. The van der Waals surface area contributed by atoms with Gasteiger partial charge in [-0.2, -0.15) is 0 Å². The summed E-state index contributed by atoms with van der Waals surface area (Å²) in [5, 5.41) is 2.98. The van der Waals surface area contributed by atoms with E-state index in [4.69, 9.17) is 0 Å². The molecule has 144 valence electrons. The van der Waals surface area contributed by atoms with Crippen LogP contribution < -0.4 is 5.32 Å². The van der Waals surface area contributed by atoms with Crippen molar-refractivity contribution in [3.8, 4) is 0 Å². The van der Waals surface area contributed by atoms with Crippen LogP contribution in [-0.4, -0.2) is 43.3 Å². The van der Waals surface area contributed by atoms with Crippen LogP contribution in [0.25, 0.3) is 0 Å². The standard InChI is InChI=1S/C23H30N2O2/c1-17-10-11-20(14-18(17)2)22(26)12-13-23(27)24-16-21(25(3)4)15-19-8-6-5-7-9-19/h5-11,14,21H,12-13,15-16H2,1-4H3,(H,24,27). The summed E-state index contributed by atoms with van der Waals surface area (Å²) in [6.07, 6.45) is 1.33. The van der Waals surface area contributed by atoms with Crippen LogP contribution in [0.3, 0.4) is 0 Å². The largest absolute Gasteiger partial charge is 0.355 e. The van der Waals surface area contributed by atoms with Gasteiger partial charge in [0.2, 0.25) is 5.91 Å². The molecule has 27 heavy (non-hydrogen) atoms. The van der Waals surface area contributed by atoms with Gasteiger partial charge in [0, 0.05) is 31.0 Å². The molecule has 0 aliphatic rings. The van der Waals surface area contributed by atoms with E-state index in [2.05, 4.69) is 22.3 Å². The number of hydrogen-bond donors (Lipinski definition) is 1. The lowest BCUT2D eigenvalue weighted by Crippen LogP contribution is -2.41. The van der Waals surface area contributed by atoms with Crippen molar-refractivity contribution >= 4 is 11.7 Å². The highest BCUT2D eigenvalue weighted by Crippen LogP contribution is 2.12. The molecule has 1 unspecified atom stereocenters. The number of amides is 1. The second kappa shape index (κ2) is 10.0. The molecule has 0 heterocycles. The molecule has 0 saturated carbocycles. The molecule has 1 atom stereocenters. The Labute approximate surface area is 162 Å². The zero-order valence-electron chi connectivity index (χ0n) is 16.8. The number of carbonyl (C=O) groups excluding carboxylic acids is 2. The first-order valence-corrected chi connectivity index (χ1v) is 9.44. The molecule has 0 fully saturated rings. The van der Waals surface area contributed by atoms with Crippen molar-refractivity contribution in [3.63, 3.8) is 0 Å². The van der Waals surface area contributed by atoms with E-state index in [0.717, 1.165) is 17.5 Å². The summed E-state index contributed by atoms with van der Waals surface area (Å²) in [6, 6.07) is 16.2. The van der Waals surface area contributed by atoms with E-state index in [9.17, 15) is 9.59 Å². The number of benzene rings is 2. The third-order valence-corrected chi connectivity index (χ3v) is 4.99. The first kappa shape index (κ1) is 20.8. The fourth-order valence-electron chi connectivity index (χ4n) is 2.93. The number of nitrogens with one attached hydrogen (secondary N) is 1. The highest BCUT2D eigenvalue weighted by molar-refractivity contribution is 5.98. The Balaban J connectivity index is 1.81. The van der Waals surface area contributed by atoms with Crippen LogP contribution in [-0.2, 0) is 11.2 Å². The second-order valence-corrected chi connectivity index (χ2v) is 7.33. The second-order valence-electron chi connectivity index (χ2n) is 7.33. The van der Waals surface area contributed by atoms with Gasteiger partial charge >= 0.3 is 0 Å². The van der Waals surface area contributed by atoms with E-state index in [0.29, 0.717) is 12.1 Å². The Hall–Kier alpha value is -2.46. The molecule has 4 heteroatoms. The lowest BCUT2D eigenvalue weighted by molar-refractivity contribution is -0.121. The fourth-order valence-corrected chi connectivity index (χ4v) is 2.93. The van der Waals surface area contributed by atoms with Crippen molar-refractivity contribution in [2.75, 3.05) is 20.6 Å². The molecule has 0 spiro atoms. The molecule has 2 aromatic carbocycles. The van der Waals surface area contributed by atoms with Gasteiger partial charge in [-0.25, -0.2) is 0 Å². The van der Waals surface area contributed by atoms with Gasteiger partial charge < -0.3 is 10.2 Å². The van der Waals surface area contributed by atoms with Crippen LogP contribution in [0.4, 0.5) is 0 Å². The van der Waals surface area contributed by atoms with Gasteiger partial charge in [0.15, 0.2) is 5.78 Å². The van der Waals surface area contributed by atoms with E-state index in [-0.39, 0.29) is 30.6 Å². The average molecular weight is 367 g/mol. The van der Waals surface area contributed by atoms with Crippen molar-refractivity contribution < 1.29 is 9.59 Å². The molecule has 1 amide bonds. The van der Waals surface area contributed by atoms with E-state index in [1.807, 2.05) is 64.3 Å². The maximum absolute atomic E-state index is 12.3. The number of Topliss-reactive ketones (excluding diaryl/α,β-unsaturated/α-hetero) is 1. The van der Waals surface area contributed by atoms with Crippen LogP contribution in [0.2, 0.25) is 0 Å². The predicted octanol–water partition coefficient (Wildman–Crippen LogP) is 3.56. The lowest BCUT2D eigenvalue weighted by Gasteiger charge is -2.24. The lowest BCUT2D eigenvalue weighted by atomic mass is 10.0. The van der Waals surface area contributed by atoms with E-state index >= 15 is 0 Å². The third kappa shape index (κ3) is 6.65. The van der Waals surface area contributed by atoms with Gasteiger partial charge in [-0.15, -0.1) is 0 Å². The summed E-state index contributed by atoms with van der Waals surface area (Å²) in [7, 11) is 4.03. The van der Waals surface area contributed by atoms with Crippen LogP contribution >= 0.6 is 0 Å². The molecule has 0 aliphatic carbocycles. The molecule has 0 saturated heterocycles. The van der Waals surface area contributed by atoms with Gasteiger partial charge in [0.05, 0.1) is 0 Å². The summed E-state index contributed by atoms with van der Waals surface area (Å²) in [5.41, 5.74) is 4.19. The van der Waals surface area contributed by atoms with Gasteiger partial charge in [0.1, 0.15) is 0 Å². The Morgan fingerprint density at radius 3 is 2.30 bits per heavy atom. The predicted molar refractivity (Wildman–Crippen MR) is 110 cm³/mol. The van der Waals surface area contributed by atoms with Gasteiger partial charge in [-0.3, -0.25) is 9.59 Å². The van der Waals surface area contributed by atoms with Crippen molar-refractivity contribution in [1.29, 1.82) is 0 Å². The maximum Gasteiger partial charge on any atom is 0.220 e. The van der Waals surface area contributed by atoms with Crippen molar-refractivity contribution in [3.05, 3.63) is 70.8 Å². The first-order valence-electron chi connectivity index (χ1n) is 9.44. The topological polar surface area (TPSA) is 49.4 Å². The van der Waals surface area contributed by atoms with Gasteiger partial charge in [-0.05, 0) is 57.1 Å². The van der Waals surface area contributed by atoms with Crippen LogP contribution in [0.1, 0.15) is 39.9 Å². The molecular weight excluding hydrogens is 336 g/mol. The molecule has 0 bridgehead atoms. The minimum Gasteiger partial charge on any atom is -0.355 e. The Morgan fingerprint density at radius 1 is 0.963 bits per heavy atom. The summed E-state index contributed by atoms with van der Waals surface area (Å²) >= 11 is 0. The number of hydrogen-bond acceptors (Lipinski definition) is 3. The highest BCUT2D eigenvalue weighted by atomic mass is 16.2. The Bertz CT molecular complexity index is 769. The summed E-state index contributed by atoms with van der Waals surface area (Å²) < 4.78 is 0. The highest BCUT2D eigenvalue weighted by Gasteiger charge is 2.15. The number of aryl methyl sites for hydroxylation is 2. The van der Waals surface area contributed by atoms with Crippen molar-refractivity contribution in [2.45, 2.75) is 39.2 Å². The van der Waals surface area contributed by atoms with Gasteiger partial charge in [0.25, 0.3) is 0 Å².